The number of fused-ring (bicyclic) bond motifs is 5. The van der Waals surface area contributed by atoms with Crippen molar-refractivity contribution in [1.82, 2.24) is 0 Å². The molecule has 9 atom stereocenters. The highest BCUT2D eigenvalue weighted by atomic mass is 16.3. The van der Waals surface area contributed by atoms with Gasteiger partial charge in [0.25, 0.3) is 0 Å². The number of aliphatic hydroxyl groups excluding tert-OH is 1. The smallest absolute Gasteiger partial charge is 0.136 e. The van der Waals surface area contributed by atoms with E-state index in [9.17, 15) is 9.90 Å². The molecule has 2 heteroatoms. The summed E-state index contributed by atoms with van der Waals surface area (Å²) in [5.74, 6) is 4.93. The lowest BCUT2D eigenvalue weighted by Gasteiger charge is -2.60. The second-order valence-corrected chi connectivity index (χ2v) is 12.6. The van der Waals surface area contributed by atoms with Crippen LogP contribution >= 0.6 is 0 Å². The fourth-order valence-electron chi connectivity index (χ4n) is 8.93. The van der Waals surface area contributed by atoms with Crippen LogP contribution in [0.15, 0.2) is 0 Å². The molecular weight excluding hydrogens is 356 g/mol. The third-order valence-electron chi connectivity index (χ3n) is 10.6. The summed E-state index contributed by atoms with van der Waals surface area (Å²) in [6.45, 7) is 12.2. The molecule has 0 aromatic carbocycles. The highest BCUT2D eigenvalue weighted by Gasteiger charge is 2.62. The second kappa shape index (κ2) is 7.95. The maximum atomic E-state index is 13.5. The average Bonchev–Trinajstić information content (AvgIpc) is 3.00. The van der Waals surface area contributed by atoms with Gasteiger partial charge in [0.05, 0.1) is 6.10 Å². The number of rotatable bonds is 5. The predicted molar refractivity (Wildman–Crippen MR) is 119 cm³/mol. The Bertz CT molecular complexity index is 612. The highest BCUT2D eigenvalue weighted by molar-refractivity contribution is 5.83. The zero-order valence-corrected chi connectivity index (χ0v) is 19.8. The first-order chi connectivity index (χ1) is 13.7. The van der Waals surface area contributed by atoms with E-state index in [-0.39, 0.29) is 6.10 Å². The number of hydrogen-bond donors (Lipinski definition) is 1. The van der Waals surface area contributed by atoms with Crippen LogP contribution in [-0.4, -0.2) is 17.0 Å². The molecule has 2 nitrogen and oxygen atoms in total. The average molecular weight is 403 g/mol. The van der Waals surface area contributed by atoms with Crippen molar-refractivity contribution in [2.45, 2.75) is 111 Å². The zero-order valence-electron chi connectivity index (χ0n) is 19.8. The van der Waals surface area contributed by atoms with Crippen molar-refractivity contribution < 1.29 is 9.90 Å². The van der Waals surface area contributed by atoms with Crippen LogP contribution < -0.4 is 0 Å². The van der Waals surface area contributed by atoms with Gasteiger partial charge in [0, 0.05) is 12.3 Å². The molecule has 0 unspecified atom stereocenters. The lowest BCUT2D eigenvalue weighted by molar-refractivity contribution is -0.160. The SMILES string of the molecule is CC(C)CCC[C@@H](C)[C@@H]1CC[C@@H]2[C@@H]3C(=O)C[C@H]4C[C@H](O)CC[C@]4(C)[C@@H]3CC[C@]21C. The van der Waals surface area contributed by atoms with Crippen molar-refractivity contribution in [2.24, 2.45) is 52.3 Å². The molecule has 0 bridgehead atoms. The van der Waals surface area contributed by atoms with Gasteiger partial charge in [0.1, 0.15) is 5.78 Å². The van der Waals surface area contributed by atoms with Gasteiger partial charge in [-0.2, -0.15) is 0 Å². The van der Waals surface area contributed by atoms with Crippen molar-refractivity contribution in [3.63, 3.8) is 0 Å². The molecule has 0 heterocycles. The Labute approximate surface area is 179 Å². The van der Waals surface area contributed by atoms with Crippen LogP contribution in [0.4, 0.5) is 0 Å². The Morgan fingerprint density at radius 3 is 2.38 bits per heavy atom. The number of Topliss-reactive ketones (excluding diaryl/α,β-unsaturated/α-hetero) is 1. The van der Waals surface area contributed by atoms with Crippen molar-refractivity contribution in [3.8, 4) is 0 Å². The van der Waals surface area contributed by atoms with Crippen LogP contribution in [0.1, 0.15) is 105 Å². The van der Waals surface area contributed by atoms with E-state index in [1.807, 2.05) is 0 Å². The van der Waals surface area contributed by atoms with Crippen molar-refractivity contribution >= 4 is 5.78 Å². The van der Waals surface area contributed by atoms with Crippen molar-refractivity contribution in [3.05, 3.63) is 0 Å². The first kappa shape index (κ1) is 21.8. The Kier molecular flexibility index (Phi) is 5.99. The van der Waals surface area contributed by atoms with Gasteiger partial charge in [-0.3, -0.25) is 4.79 Å². The lowest BCUT2D eigenvalue weighted by atomic mass is 9.44. The summed E-state index contributed by atoms with van der Waals surface area (Å²) in [4.78, 5) is 13.5. The largest absolute Gasteiger partial charge is 0.393 e. The molecule has 0 amide bonds. The monoisotopic (exact) mass is 402 g/mol. The molecule has 0 aromatic rings. The highest BCUT2D eigenvalue weighted by Crippen LogP contribution is 2.67. The third kappa shape index (κ3) is 3.64. The van der Waals surface area contributed by atoms with Crippen LogP contribution in [0.25, 0.3) is 0 Å². The molecule has 4 saturated carbocycles. The maximum Gasteiger partial charge on any atom is 0.136 e. The number of hydrogen-bond acceptors (Lipinski definition) is 2. The van der Waals surface area contributed by atoms with E-state index in [4.69, 9.17) is 0 Å². The van der Waals surface area contributed by atoms with Crippen LogP contribution in [0.3, 0.4) is 0 Å². The number of carbonyl (C=O) groups is 1. The summed E-state index contributed by atoms with van der Waals surface area (Å²) in [5.41, 5.74) is 0.672. The molecular formula is C27H46O2. The Morgan fingerprint density at radius 1 is 0.966 bits per heavy atom. The van der Waals surface area contributed by atoms with E-state index < -0.39 is 0 Å². The topological polar surface area (TPSA) is 37.3 Å². The molecule has 0 aromatic heterocycles. The zero-order chi connectivity index (χ0) is 21.0. The molecule has 4 aliphatic carbocycles. The summed E-state index contributed by atoms with van der Waals surface area (Å²) >= 11 is 0. The van der Waals surface area contributed by atoms with Crippen LogP contribution in [0.5, 0.6) is 0 Å². The summed E-state index contributed by atoms with van der Waals surface area (Å²) in [6, 6.07) is 0. The Morgan fingerprint density at radius 2 is 1.66 bits per heavy atom. The van der Waals surface area contributed by atoms with Crippen LogP contribution in [-0.2, 0) is 4.79 Å². The third-order valence-corrected chi connectivity index (χ3v) is 10.6. The Hall–Kier alpha value is -0.370. The van der Waals surface area contributed by atoms with Gasteiger partial charge < -0.3 is 5.11 Å². The normalized spacial score (nSPS) is 48.2. The van der Waals surface area contributed by atoms with Gasteiger partial charge in [-0.25, -0.2) is 0 Å². The number of ketones is 1. The quantitative estimate of drug-likeness (QED) is 0.559. The van der Waals surface area contributed by atoms with E-state index in [0.717, 1.165) is 43.4 Å². The summed E-state index contributed by atoms with van der Waals surface area (Å²) in [5, 5.41) is 10.2. The molecule has 0 aliphatic heterocycles. The summed E-state index contributed by atoms with van der Waals surface area (Å²) < 4.78 is 0. The van der Waals surface area contributed by atoms with Gasteiger partial charge in [0.2, 0.25) is 0 Å². The molecule has 0 saturated heterocycles. The first-order valence-electron chi connectivity index (χ1n) is 12.9. The fourth-order valence-corrected chi connectivity index (χ4v) is 8.93. The van der Waals surface area contributed by atoms with E-state index >= 15 is 0 Å². The standard InChI is InChI=1S/C27H46O2/c1-17(2)7-6-8-18(3)21-9-10-22-25-23(12-14-27(21,22)5)26(4)13-11-20(28)15-19(26)16-24(25)29/h17-23,25,28H,6-16H2,1-5H3/t18-,19-,20-,21+,22-,23-,25+,26+,27+/m1/s1. The van der Waals surface area contributed by atoms with E-state index in [2.05, 4.69) is 34.6 Å². The molecule has 4 fully saturated rings. The van der Waals surface area contributed by atoms with E-state index in [1.54, 1.807) is 0 Å². The first-order valence-corrected chi connectivity index (χ1v) is 12.9. The maximum absolute atomic E-state index is 13.5. The number of carbonyl (C=O) groups excluding carboxylic acids is 1. The molecule has 4 aliphatic rings. The van der Waals surface area contributed by atoms with Crippen LogP contribution in [0.2, 0.25) is 0 Å². The minimum atomic E-state index is -0.172. The van der Waals surface area contributed by atoms with Crippen molar-refractivity contribution in [1.29, 1.82) is 0 Å². The minimum Gasteiger partial charge on any atom is -0.393 e. The number of aliphatic hydroxyl groups is 1. The molecule has 166 valence electrons. The molecule has 29 heavy (non-hydrogen) atoms. The van der Waals surface area contributed by atoms with Crippen molar-refractivity contribution in [2.75, 3.05) is 0 Å². The summed E-state index contributed by atoms with van der Waals surface area (Å²) in [7, 11) is 0. The molecule has 1 N–H and O–H groups in total. The van der Waals surface area contributed by atoms with Gasteiger partial charge in [-0.05, 0) is 91.3 Å². The second-order valence-electron chi connectivity index (χ2n) is 12.6. The molecule has 0 spiro atoms. The lowest BCUT2D eigenvalue weighted by Crippen LogP contribution is -2.57. The van der Waals surface area contributed by atoms with E-state index in [1.165, 1.54) is 44.9 Å². The Balaban J connectivity index is 1.51. The van der Waals surface area contributed by atoms with Gasteiger partial charge in [-0.15, -0.1) is 0 Å². The minimum absolute atomic E-state index is 0.172. The summed E-state index contributed by atoms with van der Waals surface area (Å²) in [6.07, 6.45) is 12.8. The molecule has 4 rings (SSSR count). The van der Waals surface area contributed by atoms with E-state index in [0.29, 0.717) is 40.3 Å². The van der Waals surface area contributed by atoms with Gasteiger partial charge >= 0.3 is 0 Å². The van der Waals surface area contributed by atoms with Crippen LogP contribution in [0, 0.1) is 52.3 Å². The fraction of sp³-hybridized carbons (Fsp3) is 0.963. The predicted octanol–water partition coefficient (Wildman–Crippen LogP) is 6.65. The van der Waals surface area contributed by atoms with Gasteiger partial charge in [-0.1, -0.05) is 53.9 Å². The van der Waals surface area contributed by atoms with Gasteiger partial charge in [0.15, 0.2) is 0 Å². The molecule has 0 radical (unpaired) electrons.